The second-order valence-electron chi connectivity index (χ2n) is 0.988. The quantitative estimate of drug-likeness (QED) is 0.275. The van der Waals surface area contributed by atoms with Crippen molar-refractivity contribution < 1.29 is 71.2 Å². The molecule has 0 saturated carbocycles. The van der Waals surface area contributed by atoms with Gasteiger partial charge in [-0.3, -0.25) is 0 Å². The Morgan fingerprint density at radius 3 is 1.80 bits per heavy atom. The van der Waals surface area contributed by atoms with Crippen LogP contribution in [0.25, 0.3) is 0 Å². The van der Waals surface area contributed by atoms with Gasteiger partial charge >= 0.3 is 59.6 Å². The summed E-state index contributed by atoms with van der Waals surface area (Å²) < 4.78 is 8.59. The van der Waals surface area contributed by atoms with E-state index < -0.39 is 8.25 Å². The molecule has 0 aromatic rings. The predicted octanol–water partition coefficient (Wildman–Crippen LogP) is -3.77. The van der Waals surface area contributed by atoms with Gasteiger partial charge in [0.15, 0.2) is 0 Å². The summed E-state index contributed by atoms with van der Waals surface area (Å²) in [6.45, 7) is 2.13. The molecule has 0 heterocycles. The average molecular weight is 213 g/mol. The topological polar surface area (TPSA) is 90.4 Å². The van der Waals surface area contributed by atoms with Gasteiger partial charge in [-0.15, -0.1) is 0 Å². The van der Waals surface area contributed by atoms with Crippen molar-refractivity contribution in [1.29, 1.82) is 0 Å². The number of rotatable bonds is 1. The molecule has 0 aliphatic heterocycles. The molecule has 0 aromatic carbocycles. The summed E-state index contributed by atoms with van der Waals surface area (Å²) in [7, 11) is -3.12. The van der Waals surface area contributed by atoms with E-state index >= 15 is 0 Å². The molecule has 1 atom stereocenters. The van der Waals surface area contributed by atoms with E-state index in [1.165, 1.54) is 6.42 Å². The molecule has 7 heteroatoms. The molecule has 0 saturated heterocycles. The van der Waals surface area contributed by atoms with E-state index in [4.69, 9.17) is 14.4 Å². The van der Waals surface area contributed by atoms with Crippen LogP contribution in [0.2, 0.25) is 0 Å². The van der Waals surface area contributed by atoms with Crippen LogP contribution in [-0.4, -0.2) is 16.1 Å². The van der Waals surface area contributed by atoms with Gasteiger partial charge in [-0.2, -0.15) is 4.89 Å². The molecule has 1 unspecified atom stereocenters. The van der Waals surface area contributed by atoms with E-state index in [1.807, 2.05) is 0 Å². The van der Waals surface area contributed by atoms with Gasteiger partial charge in [-0.25, -0.2) is 0 Å². The van der Waals surface area contributed by atoms with Crippen LogP contribution < -0.4 is 56.3 Å². The number of hydrogen-bond donors (Lipinski definition) is 1. The Labute approximate surface area is 109 Å². The van der Waals surface area contributed by atoms with Gasteiger partial charge in [0.05, 0.1) is 0 Å². The summed E-state index contributed by atoms with van der Waals surface area (Å²) in [5, 5.41) is 0. The maximum Gasteiger partial charge on any atom is 1.00 e. The first-order valence-corrected chi connectivity index (χ1v) is 3.96. The molecule has 0 aliphatic carbocycles. The fourth-order valence-corrected chi connectivity index (χ4v) is 0. The molecule has 0 radical (unpaired) electrons. The minimum absolute atomic E-state index is 0. The minimum atomic E-state index is -3.12. The van der Waals surface area contributed by atoms with Crippen molar-refractivity contribution >= 4 is 20.9 Å². The molecule has 58 valence electrons. The smallest absolute Gasteiger partial charge is 0.870 e. The van der Waals surface area contributed by atoms with E-state index in [9.17, 15) is 0 Å². The van der Waals surface area contributed by atoms with Crippen LogP contribution >= 0.6 is 8.25 Å². The summed E-state index contributed by atoms with van der Waals surface area (Å²) in [5.41, 5.74) is 0. The van der Waals surface area contributed by atoms with Crippen molar-refractivity contribution in [2.45, 2.75) is 13.3 Å². The summed E-state index contributed by atoms with van der Waals surface area (Å²) in [5.74, 6) is 1.12. The van der Waals surface area contributed by atoms with Gasteiger partial charge < -0.3 is 10.4 Å². The molecular weight excluding hydrogens is 202 g/mol. The molecule has 0 amide bonds. The standard InChI is InChI=1S/C3H8S.K.HO3P.H2O/c1-2-3-4;;1-4(2)3;/h4H,2-3H2,1H3;;(H,1,2,3);1H2/q;+1;;. The van der Waals surface area contributed by atoms with E-state index in [0.717, 1.165) is 5.75 Å². The summed E-state index contributed by atoms with van der Waals surface area (Å²) in [6, 6.07) is 0. The maximum absolute atomic E-state index is 8.59. The Morgan fingerprint density at radius 2 is 1.80 bits per heavy atom. The van der Waals surface area contributed by atoms with Crippen LogP contribution in [0.3, 0.4) is 0 Å². The van der Waals surface area contributed by atoms with Crippen LogP contribution in [0.4, 0.5) is 0 Å². The Balaban J connectivity index is -0.0000000300. The Kier molecular flexibility index (Phi) is 50.9. The van der Waals surface area contributed by atoms with Crippen molar-refractivity contribution in [3.05, 3.63) is 0 Å². The largest absolute Gasteiger partial charge is 1.00 e. The van der Waals surface area contributed by atoms with Crippen LogP contribution in [-0.2, 0) is 17.2 Å². The van der Waals surface area contributed by atoms with Crippen LogP contribution in [0, 0.1) is 0 Å². The third kappa shape index (κ3) is 91.1. The van der Waals surface area contributed by atoms with E-state index in [1.54, 1.807) is 0 Å². The van der Waals surface area contributed by atoms with Crippen molar-refractivity contribution in [2.24, 2.45) is 0 Å². The molecule has 0 fully saturated rings. The summed E-state index contributed by atoms with van der Waals surface area (Å²) in [4.78, 5) is 15.6. The average Bonchev–Trinajstić information content (AvgIpc) is 1.65. The van der Waals surface area contributed by atoms with Gasteiger partial charge in [0, 0.05) is 0 Å². The normalized spacial score (nSPS) is 7.40. The third-order valence-corrected chi connectivity index (χ3v) is 0.750. The van der Waals surface area contributed by atoms with E-state index in [-0.39, 0.29) is 56.9 Å². The molecule has 2 N–H and O–H groups in total. The fourth-order valence-electron chi connectivity index (χ4n) is 0. The second kappa shape index (κ2) is 22.4. The van der Waals surface area contributed by atoms with Gasteiger partial charge in [0.25, 0.3) is 0 Å². The first-order chi connectivity index (χ1) is 3.65. The van der Waals surface area contributed by atoms with Crippen molar-refractivity contribution in [3.8, 4) is 0 Å². The minimum Gasteiger partial charge on any atom is -0.870 e. The second-order valence-corrected chi connectivity index (χ2v) is 1.96. The van der Waals surface area contributed by atoms with Crippen LogP contribution in [0.15, 0.2) is 0 Å². The van der Waals surface area contributed by atoms with Gasteiger partial charge in [0.2, 0.25) is 0 Å². The SMILES string of the molecule is CCC[SH2+].O=[P+]([O-])O.[K+].[OH-]. The van der Waals surface area contributed by atoms with E-state index in [2.05, 4.69) is 19.6 Å². The zero-order valence-electron chi connectivity index (χ0n) is 6.07. The molecule has 0 spiro atoms. The molecular formula is C3H11KO4PS+. The first kappa shape index (κ1) is 22.7. The molecule has 0 aliphatic rings. The Morgan fingerprint density at radius 1 is 1.70 bits per heavy atom. The molecule has 4 nitrogen and oxygen atoms in total. The maximum atomic E-state index is 8.59. The Hall–Kier alpha value is 1.97. The first-order valence-electron chi connectivity index (χ1n) is 2.13. The summed E-state index contributed by atoms with van der Waals surface area (Å²) in [6.07, 6.45) is 1.23. The van der Waals surface area contributed by atoms with Crippen LogP contribution in [0.5, 0.6) is 0 Å². The molecule has 0 rings (SSSR count). The van der Waals surface area contributed by atoms with E-state index in [0.29, 0.717) is 0 Å². The van der Waals surface area contributed by atoms with Crippen molar-refractivity contribution in [1.82, 2.24) is 0 Å². The van der Waals surface area contributed by atoms with Gasteiger partial charge in [0.1, 0.15) is 5.75 Å². The fraction of sp³-hybridized carbons (Fsp3) is 1.00. The molecule has 0 aromatic heterocycles. The molecule has 10 heavy (non-hydrogen) atoms. The number of hydrogen-bond acceptors (Lipinski definition) is 3. The van der Waals surface area contributed by atoms with Gasteiger partial charge in [-0.05, 0) is 23.6 Å². The third-order valence-electron chi connectivity index (χ3n) is 0.250. The van der Waals surface area contributed by atoms with Crippen molar-refractivity contribution in [2.75, 3.05) is 5.75 Å². The monoisotopic (exact) mass is 213 g/mol. The predicted molar refractivity (Wildman–Crippen MR) is 37.1 cm³/mol. The zero-order valence-corrected chi connectivity index (χ0v) is 11.1. The van der Waals surface area contributed by atoms with Gasteiger partial charge in [-0.1, -0.05) is 6.92 Å². The molecule has 0 bridgehead atoms. The van der Waals surface area contributed by atoms with Crippen molar-refractivity contribution in [3.63, 3.8) is 0 Å². The van der Waals surface area contributed by atoms with Crippen LogP contribution in [0.1, 0.15) is 13.3 Å². The zero-order chi connectivity index (χ0) is 6.99. The summed E-state index contributed by atoms with van der Waals surface area (Å²) >= 11 is 3.29. The Bertz CT molecular complexity index is 58.5.